The molecule has 5 rings (SSSR count). The van der Waals surface area contributed by atoms with Gasteiger partial charge in [-0.15, -0.1) is 0 Å². The summed E-state index contributed by atoms with van der Waals surface area (Å²) in [6.07, 6.45) is -1.77. The molecule has 7 N–H and O–H groups in total. The van der Waals surface area contributed by atoms with Gasteiger partial charge in [0.1, 0.15) is 18.3 Å². The number of aliphatic hydroxyl groups is 3. The molecule has 0 aliphatic carbocycles. The van der Waals surface area contributed by atoms with Crippen LogP contribution in [0.4, 0.5) is 11.8 Å². The molecule has 202 valence electrons. The zero-order valence-corrected chi connectivity index (χ0v) is 20.9. The van der Waals surface area contributed by atoms with Crippen LogP contribution >= 0.6 is 0 Å². The van der Waals surface area contributed by atoms with Gasteiger partial charge in [0.2, 0.25) is 5.95 Å². The van der Waals surface area contributed by atoms with Crippen molar-refractivity contribution in [1.29, 1.82) is 0 Å². The molecule has 0 radical (unpaired) electrons. The number of hydrogen-bond acceptors (Lipinski definition) is 12. The minimum absolute atomic E-state index is 0.137. The van der Waals surface area contributed by atoms with E-state index < -0.39 is 24.5 Å². The third kappa shape index (κ3) is 5.19. The first-order valence-electron chi connectivity index (χ1n) is 12.6. The number of fused-ring (bicyclic) bond motifs is 1. The Morgan fingerprint density at radius 3 is 2.68 bits per heavy atom. The van der Waals surface area contributed by atoms with Crippen LogP contribution in [0.2, 0.25) is 0 Å². The van der Waals surface area contributed by atoms with E-state index in [0.717, 1.165) is 11.3 Å². The fourth-order valence-corrected chi connectivity index (χ4v) is 4.47. The summed E-state index contributed by atoms with van der Waals surface area (Å²) < 4.78 is 12.9. The van der Waals surface area contributed by atoms with E-state index in [-0.39, 0.29) is 18.6 Å². The van der Waals surface area contributed by atoms with Crippen molar-refractivity contribution in [3.63, 3.8) is 0 Å². The molecule has 1 aromatic carbocycles. The average molecular weight is 525 g/mol. The van der Waals surface area contributed by atoms with Gasteiger partial charge in [0.05, 0.1) is 24.7 Å². The SMILES string of the molecule is CCc1cc(C2OC(n3cnc4c(NC(CO)Cc5ccccc5)nc(NCCN)nc43)C(O)C2O)on1. The molecule has 5 atom stereocenters. The molecule has 4 aromatic rings. The minimum Gasteiger partial charge on any atom is -0.394 e. The summed E-state index contributed by atoms with van der Waals surface area (Å²) in [6.45, 7) is 2.60. The van der Waals surface area contributed by atoms with Crippen molar-refractivity contribution in [2.45, 2.75) is 50.3 Å². The van der Waals surface area contributed by atoms with E-state index in [1.807, 2.05) is 37.3 Å². The van der Waals surface area contributed by atoms with E-state index in [9.17, 15) is 15.3 Å². The number of aromatic nitrogens is 5. The van der Waals surface area contributed by atoms with Gasteiger partial charge in [-0.05, 0) is 18.4 Å². The summed E-state index contributed by atoms with van der Waals surface area (Å²) in [4.78, 5) is 13.6. The molecule has 0 bridgehead atoms. The molecule has 0 spiro atoms. The molecular weight excluding hydrogens is 492 g/mol. The predicted molar refractivity (Wildman–Crippen MR) is 138 cm³/mol. The van der Waals surface area contributed by atoms with Crippen molar-refractivity contribution >= 4 is 22.9 Å². The zero-order chi connectivity index (χ0) is 26.6. The van der Waals surface area contributed by atoms with Crippen LogP contribution in [0.15, 0.2) is 47.2 Å². The van der Waals surface area contributed by atoms with Gasteiger partial charge < -0.3 is 40.9 Å². The molecule has 13 nitrogen and oxygen atoms in total. The van der Waals surface area contributed by atoms with E-state index in [1.54, 1.807) is 10.6 Å². The number of aryl methyl sites for hydroxylation is 1. The number of benzene rings is 1. The lowest BCUT2D eigenvalue weighted by atomic mass is 10.1. The molecular formula is C25H32N8O5. The number of anilines is 2. The number of imidazole rings is 1. The van der Waals surface area contributed by atoms with Crippen molar-refractivity contribution in [2.24, 2.45) is 5.73 Å². The summed E-state index contributed by atoms with van der Waals surface area (Å²) in [7, 11) is 0. The first-order chi connectivity index (χ1) is 18.5. The number of hydrogen-bond donors (Lipinski definition) is 6. The number of nitrogens with one attached hydrogen (secondary N) is 2. The van der Waals surface area contributed by atoms with Crippen molar-refractivity contribution in [3.8, 4) is 0 Å². The molecule has 1 aliphatic rings. The van der Waals surface area contributed by atoms with Gasteiger partial charge in [0.15, 0.2) is 29.0 Å². The van der Waals surface area contributed by atoms with Crippen LogP contribution in [-0.4, -0.2) is 77.9 Å². The second-order valence-electron chi connectivity index (χ2n) is 9.15. The quantitative estimate of drug-likeness (QED) is 0.162. The smallest absolute Gasteiger partial charge is 0.226 e. The molecule has 4 heterocycles. The summed E-state index contributed by atoms with van der Waals surface area (Å²) in [6, 6.07) is 11.2. The molecule has 38 heavy (non-hydrogen) atoms. The fourth-order valence-electron chi connectivity index (χ4n) is 4.47. The molecule has 0 amide bonds. The molecule has 1 fully saturated rings. The first kappa shape index (κ1) is 26.0. The Bertz CT molecular complexity index is 1350. The highest BCUT2D eigenvalue weighted by atomic mass is 16.6. The van der Waals surface area contributed by atoms with Gasteiger partial charge in [-0.2, -0.15) is 9.97 Å². The van der Waals surface area contributed by atoms with E-state index in [2.05, 4.69) is 30.7 Å². The summed E-state index contributed by atoms with van der Waals surface area (Å²) in [5.74, 6) is 1.01. The lowest BCUT2D eigenvalue weighted by molar-refractivity contribution is -0.0434. The predicted octanol–water partition coefficient (Wildman–Crippen LogP) is 0.755. The number of nitrogens with two attached hydrogens (primary N) is 1. The van der Waals surface area contributed by atoms with E-state index in [1.165, 1.54) is 6.33 Å². The van der Waals surface area contributed by atoms with Crippen molar-refractivity contribution < 1.29 is 24.6 Å². The third-order valence-corrected chi connectivity index (χ3v) is 6.47. The molecule has 1 aliphatic heterocycles. The van der Waals surface area contributed by atoms with E-state index in [4.69, 9.17) is 15.0 Å². The normalized spacial score (nSPS) is 22.1. The average Bonchev–Trinajstić information content (AvgIpc) is 3.66. The van der Waals surface area contributed by atoms with Gasteiger partial charge >= 0.3 is 0 Å². The highest BCUT2D eigenvalue weighted by molar-refractivity contribution is 5.84. The first-order valence-corrected chi connectivity index (χ1v) is 12.6. The Labute approximate surface area is 218 Å². The Kier molecular flexibility index (Phi) is 7.81. The number of ether oxygens (including phenoxy) is 1. The Morgan fingerprint density at radius 1 is 1.16 bits per heavy atom. The monoisotopic (exact) mass is 524 g/mol. The second-order valence-corrected chi connectivity index (χ2v) is 9.15. The van der Waals surface area contributed by atoms with Crippen LogP contribution in [0.25, 0.3) is 11.2 Å². The summed E-state index contributed by atoms with van der Waals surface area (Å²) in [5, 5.41) is 42.0. The molecule has 1 saturated heterocycles. The minimum atomic E-state index is -1.29. The summed E-state index contributed by atoms with van der Waals surface area (Å²) >= 11 is 0. The molecule has 13 heteroatoms. The lowest BCUT2D eigenvalue weighted by Gasteiger charge is -2.19. The molecule has 3 aromatic heterocycles. The van der Waals surface area contributed by atoms with E-state index in [0.29, 0.717) is 48.7 Å². The van der Waals surface area contributed by atoms with E-state index >= 15 is 0 Å². The summed E-state index contributed by atoms with van der Waals surface area (Å²) in [5.41, 5.74) is 8.21. The maximum atomic E-state index is 10.9. The van der Waals surface area contributed by atoms with Crippen LogP contribution in [0.1, 0.15) is 36.3 Å². The topological polar surface area (TPSA) is 190 Å². The van der Waals surface area contributed by atoms with Gasteiger partial charge in [0, 0.05) is 19.2 Å². The zero-order valence-electron chi connectivity index (χ0n) is 20.9. The van der Waals surface area contributed by atoms with Gasteiger partial charge in [-0.1, -0.05) is 42.4 Å². The fraction of sp³-hybridized carbons (Fsp3) is 0.440. The number of nitrogens with zero attached hydrogens (tertiary/aromatic N) is 5. The second kappa shape index (κ2) is 11.4. The van der Waals surface area contributed by atoms with Crippen molar-refractivity contribution in [1.82, 2.24) is 24.7 Å². The maximum Gasteiger partial charge on any atom is 0.226 e. The standard InChI is InChI=1S/C25H32N8O5/c1-2-15-11-17(38-32-15)21-19(35)20(36)24(37-21)33-13-28-18-22(30-25(27-9-8-26)31-23(18)33)29-16(12-34)10-14-6-4-3-5-7-14/h3-7,11,13,16,19-21,24,34-36H,2,8-10,12,26H2,1H3,(H2,27,29,30,31). The van der Waals surface area contributed by atoms with Gasteiger partial charge in [0.25, 0.3) is 0 Å². The Balaban J connectivity index is 1.47. The Hall–Kier alpha value is -3.62. The number of rotatable bonds is 11. The van der Waals surface area contributed by atoms with Crippen LogP contribution in [-0.2, 0) is 17.6 Å². The van der Waals surface area contributed by atoms with Crippen LogP contribution < -0.4 is 16.4 Å². The highest BCUT2D eigenvalue weighted by Crippen LogP contribution is 2.40. The van der Waals surface area contributed by atoms with Crippen LogP contribution in [0, 0.1) is 0 Å². The number of aliphatic hydroxyl groups excluding tert-OH is 3. The maximum absolute atomic E-state index is 10.9. The van der Waals surface area contributed by atoms with Crippen LogP contribution in [0.5, 0.6) is 0 Å². The van der Waals surface area contributed by atoms with Gasteiger partial charge in [-0.25, -0.2) is 4.98 Å². The van der Waals surface area contributed by atoms with Crippen molar-refractivity contribution in [2.75, 3.05) is 30.3 Å². The molecule has 0 saturated carbocycles. The molecule has 5 unspecified atom stereocenters. The largest absolute Gasteiger partial charge is 0.394 e. The van der Waals surface area contributed by atoms with Crippen LogP contribution in [0.3, 0.4) is 0 Å². The van der Waals surface area contributed by atoms with Crippen molar-refractivity contribution in [3.05, 3.63) is 59.7 Å². The highest BCUT2D eigenvalue weighted by Gasteiger charge is 2.47. The lowest BCUT2D eigenvalue weighted by Crippen LogP contribution is -2.29. The Morgan fingerprint density at radius 2 is 1.97 bits per heavy atom. The van der Waals surface area contributed by atoms with Gasteiger partial charge in [-0.3, -0.25) is 4.57 Å². The third-order valence-electron chi connectivity index (χ3n) is 6.47.